The molecule has 0 saturated heterocycles. The zero-order chi connectivity index (χ0) is 19.3. The van der Waals surface area contributed by atoms with Gasteiger partial charge in [0.25, 0.3) is 5.91 Å². The molecule has 4 rings (SSSR count). The number of fused-ring (bicyclic) bond motifs is 1. The minimum Gasteiger partial charge on any atom is -0.494 e. The molecule has 1 N–H and O–H groups in total. The first-order chi connectivity index (χ1) is 13.7. The monoisotopic (exact) mass is 388 g/mol. The van der Waals surface area contributed by atoms with Gasteiger partial charge in [-0.2, -0.15) is 0 Å². The van der Waals surface area contributed by atoms with Crippen molar-refractivity contribution in [3.8, 4) is 16.3 Å². The number of benzene rings is 3. The fraction of sp³-hybridized carbons (Fsp3) is 0.130. The summed E-state index contributed by atoms with van der Waals surface area (Å²) in [6.45, 7) is 2.97. The van der Waals surface area contributed by atoms with Crippen LogP contribution in [0.25, 0.3) is 20.8 Å². The van der Waals surface area contributed by atoms with Crippen molar-refractivity contribution >= 4 is 27.5 Å². The first-order valence-electron chi connectivity index (χ1n) is 9.19. The van der Waals surface area contributed by atoms with Gasteiger partial charge in [-0.05, 0) is 42.8 Å². The molecule has 0 spiro atoms. The Kier molecular flexibility index (Phi) is 5.35. The van der Waals surface area contributed by atoms with Crippen LogP contribution in [0.3, 0.4) is 0 Å². The summed E-state index contributed by atoms with van der Waals surface area (Å²) >= 11 is 1.68. The minimum atomic E-state index is -0.114. The van der Waals surface area contributed by atoms with Crippen molar-refractivity contribution in [3.05, 3.63) is 83.9 Å². The van der Waals surface area contributed by atoms with E-state index in [0.717, 1.165) is 21.7 Å². The highest BCUT2D eigenvalue weighted by molar-refractivity contribution is 7.21. The quantitative estimate of drug-likeness (QED) is 0.488. The lowest BCUT2D eigenvalue weighted by molar-refractivity contribution is 0.0950. The zero-order valence-corrected chi connectivity index (χ0v) is 16.3. The topological polar surface area (TPSA) is 51.2 Å². The smallest absolute Gasteiger partial charge is 0.251 e. The van der Waals surface area contributed by atoms with E-state index >= 15 is 0 Å². The van der Waals surface area contributed by atoms with E-state index in [1.54, 1.807) is 23.5 Å². The Morgan fingerprint density at radius 2 is 1.86 bits per heavy atom. The molecule has 3 aromatic carbocycles. The molecule has 140 valence electrons. The average Bonchev–Trinajstić information content (AvgIpc) is 3.17. The summed E-state index contributed by atoms with van der Waals surface area (Å²) < 4.78 is 6.63. The lowest BCUT2D eigenvalue weighted by Crippen LogP contribution is -2.22. The molecule has 0 fully saturated rings. The van der Waals surface area contributed by atoms with Crippen LogP contribution in [0.15, 0.2) is 72.8 Å². The second-order valence-corrected chi connectivity index (χ2v) is 7.36. The normalized spacial score (nSPS) is 10.8. The molecule has 1 amide bonds. The van der Waals surface area contributed by atoms with E-state index < -0.39 is 0 Å². The van der Waals surface area contributed by atoms with Crippen molar-refractivity contribution in [1.82, 2.24) is 10.3 Å². The van der Waals surface area contributed by atoms with Crippen molar-refractivity contribution < 1.29 is 9.53 Å². The summed E-state index contributed by atoms with van der Waals surface area (Å²) in [5.74, 6) is 0.590. The number of thiazole rings is 1. The van der Waals surface area contributed by atoms with Gasteiger partial charge in [0.05, 0.1) is 16.8 Å². The molecular formula is C23H20N2O2S. The fourth-order valence-electron chi connectivity index (χ4n) is 2.94. The second-order valence-electron chi connectivity index (χ2n) is 6.33. The molecule has 0 saturated carbocycles. The maximum absolute atomic E-state index is 12.4. The predicted molar refractivity (Wildman–Crippen MR) is 114 cm³/mol. The number of hydrogen-bond acceptors (Lipinski definition) is 4. The molecule has 0 bridgehead atoms. The summed E-state index contributed by atoms with van der Waals surface area (Å²) in [5.41, 5.74) is 3.74. The second kappa shape index (κ2) is 8.23. The van der Waals surface area contributed by atoms with Crippen molar-refractivity contribution in [2.45, 2.75) is 13.5 Å². The number of ether oxygens (including phenoxy) is 1. The molecule has 4 aromatic rings. The Balaban J connectivity index is 1.42. The molecule has 1 aromatic heterocycles. The van der Waals surface area contributed by atoms with E-state index in [0.29, 0.717) is 24.5 Å². The molecule has 0 aliphatic rings. The summed E-state index contributed by atoms with van der Waals surface area (Å²) in [4.78, 5) is 17.1. The van der Waals surface area contributed by atoms with Crippen molar-refractivity contribution in [3.63, 3.8) is 0 Å². The molecule has 0 aliphatic carbocycles. The Morgan fingerprint density at radius 1 is 1.04 bits per heavy atom. The third-order valence-corrected chi connectivity index (χ3v) is 5.44. The standard InChI is InChI=1S/C23H20N2O2S/c1-2-27-19-7-5-6-18(14-19)22(26)24-15-16-10-12-17(13-11-16)23-25-20-8-3-4-9-21(20)28-23/h3-14H,2,15H2,1H3,(H,24,26). The van der Waals surface area contributed by atoms with Gasteiger partial charge in [-0.1, -0.05) is 42.5 Å². The first kappa shape index (κ1) is 18.2. The maximum atomic E-state index is 12.4. The highest BCUT2D eigenvalue weighted by Crippen LogP contribution is 2.30. The van der Waals surface area contributed by atoms with Gasteiger partial charge in [-0.25, -0.2) is 4.98 Å². The van der Waals surface area contributed by atoms with E-state index in [-0.39, 0.29) is 5.91 Å². The van der Waals surface area contributed by atoms with Crippen LogP contribution < -0.4 is 10.1 Å². The number of rotatable bonds is 6. The Labute approximate surface area is 167 Å². The van der Waals surface area contributed by atoms with Gasteiger partial charge >= 0.3 is 0 Å². The molecular weight excluding hydrogens is 368 g/mol. The molecule has 5 heteroatoms. The third kappa shape index (κ3) is 4.05. The number of hydrogen-bond donors (Lipinski definition) is 1. The summed E-state index contributed by atoms with van der Waals surface area (Å²) in [6, 6.07) is 23.5. The van der Waals surface area contributed by atoms with Gasteiger partial charge < -0.3 is 10.1 Å². The van der Waals surface area contributed by atoms with Gasteiger partial charge in [0.1, 0.15) is 10.8 Å². The minimum absolute atomic E-state index is 0.114. The average molecular weight is 388 g/mol. The largest absolute Gasteiger partial charge is 0.494 e. The van der Waals surface area contributed by atoms with Crippen LogP contribution in [0.5, 0.6) is 5.75 Å². The Morgan fingerprint density at radius 3 is 2.64 bits per heavy atom. The first-order valence-corrected chi connectivity index (χ1v) is 10.0. The highest BCUT2D eigenvalue weighted by atomic mass is 32.1. The van der Waals surface area contributed by atoms with Gasteiger partial charge in [-0.15, -0.1) is 11.3 Å². The van der Waals surface area contributed by atoms with Crippen LogP contribution >= 0.6 is 11.3 Å². The van der Waals surface area contributed by atoms with Gasteiger partial charge in [0.15, 0.2) is 0 Å². The molecule has 0 atom stereocenters. The Hall–Kier alpha value is -3.18. The molecule has 0 unspecified atom stereocenters. The van der Waals surface area contributed by atoms with Crippen LogP contribution in [0.4, 0.5) is 0 Å². The SMILES string of the molecule is CCOc1cccc(C(=O)NCc2ccc(-c3nc4ccccc4s3)cc2)c1. The van der Waals surface area contributed by atoms with E-state index in [9.17, 15) is 4.79 Å². The van der Waals surface area contributed by atoms with Crippen molar-refractivity contribution in [2.24, 2.45) is 0 Å². The van der Waals surface area contributed by atoms with E-state index in [2.05, 4.69) is 28.5 Å². The number of para-hydroxylation sites is 1. The zero-order valence-electron chi connectivity index (χ0n) is 15.5. The molecule has 4 nitrogen and oxygen atoms in total. The van der Waals surface area contributed by atoms with E-state index in [1.165, 1.54) is 4.70 Å². The summed E-state index contributed by atoms with van der Waals surface area (Å²) in [6.07, 6.45) is 0. The summed E-state index contributed by atoms with van der Waals surface area (Å²) in [7, 11) is 0. The highest BCUT2D eigenvalue weighted by Gasteiger charge is 2.08. The predicted octanol–water partition coefficient (Wildman–Crippen LogP) is 5.29. The van der Waals surface area contributed by atoms with Gasteiger partial charge in [0, 0.05) is 17.7 Å². The number of amides is 1. The number of nitrogens with zero attached hydrogens (tertiary/aromatic N) is 1. The molecule has 0 aliphatic heterocycles. The van der Waals surface area contributed by atoms with E-state index in [1.807, 2.05) is 49.4 Å². The van der Waals surface area contributed by atoms with E-state index in [4.69, 9.17) is 4.74 Å². The number of carbonyl (C=O) groups is 1. The fourth-order valence-corrected chi connectivity index (χ4v) is 3.91. The van der Waals surface area contributed by atoms with Gasteiger partial charge in [0.2, 0.25) is 0 Å². The van der Waals surface area contributed by atoms with Crippen LogP contribution in [0.2, 0.25) is 0 Å². The van der Waals surface area contributed by atoms with Crippen LogP contribution in [0.1, 0.15) is 22.8 Å². The van der Waals surface area contributed by atoms with Crippen LogP contribution in [-0.4, -0.2) is 17.5 Å². The van der Waals surface area contributed by atoms with Crippen LogP contribution in [0, 0.1) is 0 Å². The summed E-state index contributed by atoms with van der Waals surface area (Å²) in [5, 5.41) is 3.96. The van der Waals surface area contributed by atoms with Crippen molar-refractivity contribution in [1.29, 1.82) is 0 Å². The lowest BCUT2D eigenvalue weighted by Gasteiger charge is -2.08. The Bertz CT molecular complexity index is 1070. The maximum Gasteiger partial charge on any atom is 0.251 e. The van der Waals surface area contributed by atoms with Crippen LogP contribution in [-0.2, 0) is 6.54 Å². The molecule has 1 heterocycles. The number of carbonyl (C=O) groups excluding carboxylic acids is 1. The molecule has 0 radical (unpaired) electrons. The lowest BCUT2D eigenvalue weighted by atomic mass is 10.1. The number of nitrogens with one attached hydrogen (secondary N) is 1. The van der Waals surface area contributed by atoms with Crippen molar-refractivity contribution in [2.75, 3.05) is 6.61 Å². The number of aromatic nitrogens is 1. The molecule has 28 heavy (non-hydrogen) atoms. The van der Waals surface area contributed by atoms with Gasteiger partial charge in [-0.3, -0.25) is 4.79 Å². The third-order valence-electron chi connectivity index (χ3n) is 4.36.